The minimum absolute atomic E-state index is 0.0874. The van der Waals surface area contributed by atoms with Crippen molar-refractivity contribution < 1.29 is 33.0 Å². The van der Waals surface area contributed by atoms with Gasteiger partial charge in [-0.15, -0.1) is 0 Å². The molecule has 1 unspecified atom stereocenters. The van der Waals surface area contributed by atoms with Gasteiger partial charge in [0, 0.05) is 26.3 Å². The molecule has 0 radical (unpaired) electrons. The van der Waals surface area contributed by atoms with Crippen LogP contribution >= 0.6 is 0 Å². The highest BCUT2D eigenvalue weighted by Crippen LogP contribution is 2.00. The molecule has 0 aliphatic rings. The van der Waals surface area contributed by atoms with E-state index in [9.17, 15) is 22.8 Å². The Morgan fingerprint density at radius 3 is 2.20 bits per heavy atom. The zero-order chi connectivity index (χ0) is 15.9. The number of nitrogens with zero attached hydrogens (tertiary/aromatic N) is 1. The molecule has 0 aromatic rings. The molecule has 0 aromatic heterocycles. The molecule has 0 aliphatic carbocycles. The van der Waals surface area contributed by atoms with Crippen molar-refractivity contribution in [3.05, 3.63) is 0 Å². The normalized spacial score (nSPS) is 12.5. The van der Waals surface area contributed by atoms with E-state index in [2.05, 4.69) is 5.32 Å². The van der Waals surface area contributed by atoms with Gasteiger partial charge in [-0.1, -0.05) is 0 Å². The van der Waals surface area contributed by atoms with Gasteiger partial charge in [-0.2, -0.15) is 0 Å². The summed E-state index contributed by atoms with van der Waals surface area (Å²) in [6.45, 7) is -0.0874. The number of hydrogen-bond acceptors (Lipinski definition) is 5. The van der Waals surface area contributed by atoms with E-state index < -0.39 is 40.3 Å². The zero-order valence-corrected chi connectivity index (χ0v) is 12.0. The predicted molar refractivity (Wildman–Crippen MR) is 69.2 cm³/mol. The van der Waals surface area contributed by atoms with Gasteiger partial charge in [0.15, 0.2) is 0 Å². The van der Waals surface area contributed by atoms with Crippen molar-refractivity contribution in [1.29, 1.82) is 0 Å². The largest absolute Gasteiger partial charge is 0.481 e. The van der Waals surface area contributed by atoms with Crippen LogP contribution in [-0.4, -0.2) is 73.1 Å². The molecule has 3 N–H and O–H groups in total. The standard InChI is InChI=1S/C10H18N2O7S/c1-12(5-6-20(2,18)19)10(17)11-7(9(15)16)3-4-8(13)14/h7H,3-6H2,1-2H3,(H,11,17)(H,13,14)(H,15,16). The molecule has 0 bridgehead atoms. The fourth-order valence-electron chi connectivity index (χ4n) is 1.19. The Bertz CT molecular complexity index is 474. The van der Waals surface area contributed by atoms with Crippen molar-refractivity contribution >= 4 is 27.8 Å². The summed E-state index contributed by atoms with van der Waals surface area (Å²) in [5, 5.41) is 19.5. The lowest BCUT2D eigenvalue weighted by atomic mass is 10.1. The van der Waals surface area contributed by atoms with E-state index >= 15 is 0 Å². The van der Waals surface area contributed by atoms with Crippen molar-refractivity contribution in [1.82, 2.24) is 10.2 Å². The van der Waals surface area contributed by atoms with E-state index in [1.807, 2.05) is 0 Å². The summed E-state index contributed by atoms with van der Waals surface area (Å²) in [5.41, 5.74) is 0. The highest BCUT2D eigenvalue weighted by Gasteiger charge is 2.22. The molecule has 9 nitrogen and oxygen atoms in total. The Hall–Kier alpha value is -1.84. The number of amides is 2. The minimum Gasteiger partial charge on any atom is -0.481 e. The Morgan fingerprint density at radius 1 is 1.25 bits per heavy atom. The molecule has 0 aromatic carbocycles. The minimum atomic E-state index is -3.23. The molecule has 0 saturated carbocycles. The number of nitrogens with one attached hydrogen (secondary N) is 1. The predicted octanol–water partition coefficient (Wildman–Crippen LogP) is -1.01. The first-order valence-corrected chi connectivity index (χ1v) is 7.73. The third-order valence-corrected chi connectivity index (χ3v) is 3.31. The molecular formula is C10H18N2O7S. The fraction of sp³-hybridized carbons (Fsp3) is 0.700. The number of rotatable bonds is 8. The van der Waals surface area contributed by atoms with Gasteiger partial charge in [-0.3, -0.25) is 4.79 Å². The van der Waals surface area contributed by atoms with E-state index in [4.69, 9.17) is 10.2 Å². The average Bonchev–Trinajstić information content (AvgIpc) is 2.29. The average molecular weight is 310 g/mol. The van der Waals surface area contributed by atoms with Crippen molar-refractivity contribution in [3.8, 4) is 0 Å². The number of carbonyl (C=O) groups excluding carboxylic acids is 1. The van der Waals surface area contributed by atoms with Crippen LogP contribution < -0.4 is 5.32 Å². The first kappa shape index (κ1) is 18.2. The lowest BCUT2D eigenvalue weighted by Crippen LogP contribution is -2.47. The molecule has 0 fully saturated rings. The molecule has 10 heteroatoms. The monoisotopic (exact) mass is 310 g/mol. The lowest BCUT2D eigenvalue weighted by Gasteiger charge is -2.20. The molecule has 0 heterocycles. The number of carboxylic acid groups (broad SMARTS) is 2. The maximum absolute atomic E-state index is 11.6. The van der Waals surface area contributed by atoms with Crippen LogP contribution in [0.4, 0.5) is 4.79 Å². The van der Waals surface area contributed by atoms with E-state index in [0.29, 0.717) is 0 Å². The van der Waals surface area contributed by atoms with Crippen LogP contribution in [0.25, 0.3) is 0 Å². The second-order valence-electron chi connectivity index (χ2n) is 4.32. The quantitative estimate of drug-likeness (QED) is 0.521. The van der Waals surface area contributed by atoms with Crippen LogP contribution in [0.15, 0.2) is 0 Å². The topological polar surface area (TPSA) is 141 Å². The smallest absolute Gasteiger partial charge is 0.326 e. The summed E-state index contributed by atoms with van der Waals surface area (Å²) in [4.78, 5) is 33.9. The van der Waals surface area contributed by atoms with Crippen molar-refractivity contribution in [2.24, 2.45) is 0 Å². The molecule has 1 atom stereocenters. The van der Waals surface area contributed by atoms with Gasteiger partial charge in [0.2, 0.25) is 0 Å². The maximum atomic E-state index is 11.6. The highest BCUT2D eigenvalue weighted by molar-refractivity contribution is 7.90. The number of aliphatic carboxylic acids is 2. The molecule has 20 heavy (non-hydrogen) atoms. The third kappa shape index (κ3) is 8.29. The van der Waals surface area contributed by atoms with Gasteiger partial charge in [0.25, 0.3) is 0 Å². The first-order chi connectivity index (χ1) is 9.03. The van der Waals surface area contributed by atoms with Crippen LogP contribution in [0, 0.1) is 0 Å². The van der Waals surface area contributed by atoms with Gasteiger partial charge in [-0.05, 0) is 6.42 Å². The molecule has 0 rings (SSSR count). The fourth-order valence-corrected chi connectivity index (χ4v) is 1.79. The molecule has 0 spiro atoms. The highest BCUT2D eigenvalue weighted by atomic mass is 32.2. The van der Waals surface area contributed by atoms with E-state index in [0.717, 1.165) is 11.2 Å². The summed E-state index contributed by atoms with van der Waals surface area (Å²) < 4.78 is 21.9. The van der Waals surface area contributed by atoms with E-state index in [-0.39, 0.29) is 18.7 Å². The zero-order valence-electron chi connectivity index (χ0n) is 11.2. The Kier molecular flexibility index (Phi) is 6.97. The van der Waals surface area contributed by atoms with Crippen LogP contribution in [-0.2, 0) is 19.4 Å². The Labute approximate surface area is 116 Å². The van der Waals surface area contributed by atoms with Gasteiger partial charge in [-0.25, -0.2) is 18.0 Å². The summed E-state index contributed by atoms with van der Waals surface area (Å²) in [6, 6.07) is -2.11. The molecule has 2 amide bonds. The summed E-state index contributed by atoms with van der Waals surface area (Å²) in [5.74, 6) is -2.77. The van der Waals surface area contributed by atoms with E-state index in [1.54, 1.807) is 0 Å². The van der Waals surface area contributed by atoms with Gasteiger partial charge in [0.1, 0.15) is 15.9 Å². The number of carbonyl (C=O) groups is 3. The Morgan fingerprint density at radius 2 is 1.80 bits per heavy atom. The van der Waals surface area contributed by atoms with Gasteiger partial charge < -0.3 is 20.4 Å². The number of urea groups is 1. The summed E-state index contributed by atoms with van der Waals surface area (Å²) in [6.07, 6.45) is 0.367. The molecular weight excluding hydrogens is 292 g/mol. The van der Waals surface area contributed by atoms with Crippen LogP contribution in [0.2, 0.25) is 0 Å². The molecule has 0 aliphatic heterocycles. The van der Waals surface area contributed by atoms with Crippen LogP contribution in [0.3, 0.4) is 0 Å². The van der Waals surface area contributed by atoms with E-state index in [1.165, 1.54) is 7.05 Å². The lowest BCUT2D eigenvalue weighted by molar-refractivity contribution is -0.140. The van der Waals surface area contributed by atoms with Gasteiger partial charge >= 0.3 is 18.0 Å². The van der Waals surface area contributed by atoms with Crippen LogP contribution in [0.5, 0.6) is 0 Å². The van der Waals surface area contributed by atoms with Crippen molar-refractivity contribution in [2.45, 2.75) is 18.9 Å². The van der Waals surface area contributed by atoms with Gasteiger partial charge in [0.05, 0.1) is 5.75 Å². The molecule has 116 valence electrons. The third-order valence-electron chi connectivity index (χ3n) is 2.39. The molecule has 0 saturated heterocycles. The SMILES string of the molecule is CN(CCS(C)(=O)=O)C(=O)NC(CCC(=O)O)C(=O)O. The second-order valence-corrected chi connectivity index (χ2v) is 6.58. The second kappa shape index (κ2) is 7.68. The number of hydrogen-bond donors (Lipinski definition) is 3. The van der Waals surface area contributed by atoms with Crippen molar-refractivity contribution in [3.63, 3.8) is 0 Å². The Balaban J connectivity index is 4.44. The summed E-state index contributed by atoms with van der Waals surface area (Å²) in [7, 11) is -1.92. The number of sulfone groups is 1. The maximum Gasteiger partial charge on any atom is 0.326 e. The summed E-state index contributed by atoms with van der Waals surface area (Å²) >= 11 is 0. The number of carboxylic acids is 2. The van der Waals surface area contributed by atoms with Crippen LogP contribution in [0.1, 0.15) is 12.8 Å². The first-order valence-electron chi connectivity index (χ1n) is 5.67. The van der Waals surface area contributed by atoms with Crippen molar-refractivity contribution in [2.75, 3.05) is 25.6 Å².